The normalized spacial score (nSPS) is 9.65. The molecule has 0 aliphatic carbocycles. The summed E-state index contributed by atoms with van der Waals surface area (Å²) in [4.78, 5) is 24.4. The molecule has 0 aliphatic heterocycles. The van der Waals surface area contributed by atoms with Crippen LogP contribution in [0.4, 0.5) is 10.5 Å². The average molecular weight is 340 g/mol. The maximum Gasteiger partial charge on any atom is 0.335 e. The van der Waals surface area contributed by atoms with Crippen LogP contribution in [-0.2, 0) is 0 Å². The summed E-state index contributed by atoms with van der Waals surface area (Å²) in [6.07, 6.45) is 0.250. The van der Waals surface area contributed by atoms with E-state index < -0.39 is 5.97 Å². The molecule has 7 heteroatoms. The second-order valence-electron chi connectivity index (χ2n) is 3.95. The number of aromatic carboxylic acids is 1. The van der Waals surface area contributed by atoms with Crippen LogP contribution in [0.5, 0.6) is 0 Å². The number of benzene rings is 1. The average Bonchev–Trinajstić information content (AvgIpc) is 2.38. The van der Waals surface area contributed by atoms with Gasteiger partial charge in [-0.05, 0) is 25.1 Å². The molecule has 0 fully saturated rings. The van der Waals surface area contributed by atoms with E-state index in [9.17, 15) is 9.59 Å². The number of carbonyl (C=O) groups is 2. The third kappa shape index (κ3) is 4.55. The number of hydrogen-bond acceptors (Lipinski definition) is 3. The molecule has 0 unspecified atom stereocenters. The van der Waals surface area contributed by atoms with Gasteiger partial charge in [-0.2, -0.15) is 5.26 Å². The van der Waals surface area contributed by atoms with Crippen LogP contribution in [0.3, 0.4) is 0 Å². The molecule has 0 radical (unpaired) electrons. The van der Waals surface area contributed by atoms with Gasteiger partial charge >= 0.3 is 12.0 Å². The van der Waals surface area contributed by atoms with Crippen molar-refractivity contribution in [1.82, 2.24) is 4.90 Å². The zero-order valence-electron chi connectivity index (χ0n) is 10.9. The van der Waals surface area contributed by atoms with E-state index in [1.807, 2.05) is 6.07 Å². The molecular weight excluding hydrogens is 326 g/mol. The number of nitrogens with one attached hydrogen (secondary N) is 1. The number of anilines is 1. The van der Waals surface area contributed by atoms with Gasteiger partial charge in [0.1, 0.15) is 0 Å². The van der Waals surface area contributed by atoms with E-state index in [4.69, 9.17) is 10.4 Å². The van der Waals surface area contributed by atoms with Crippen LogP contribution >= 0.6 is 15.9 Å². The standard InChI is InChI=1S/C13H14BrN3O3/c1-2-17(5-3-4-15)13(20)16-11-7-9(12(18)19)6-10(14)8-11/h6-8H,2-3,5H2,1H3,(H,16,20)(H,18,19). The second-order valence-corrected chi connectivity index (χ2v) is 4.87. The van der Waals surface area contributed by atoms with Crippen LogP contribution in [-0.4, -0.2) is 35.1 Å². The monoisotopic (exact) mass is 339 g/mol. The number of carbonyl (C=O) groups excluding carboxylic acids is 1. The first kappa shape index (κ1) is 16.0. The van der Waals surface area contributed by atoms with Gasteiger partial charge in [-0.15, -0.1) is 0 Å². The van der Waals surface area contributed by atoms with Crippen LogP contribution in [0.1, 0.15) is 23.7 Å². The van der Waals surface area contributed by atoms with Crippen molar-refractivity contribution in [3.63, 3.8) is 0 Å². The highest BCUT2D eigenvalue weighted by Crippen LogP contribution is 2.20. The molecule has 106 valence electrons. The van der Waals surface area contributed by atoms with Crippen molar-refractivity contribution < 1.29 is 14.7 Å². The predicted molar refractivity (Wildman–Crippen MR) is 77.6 cm³/mol. The Morgan fingerprint density at radius 1 is 1.45 bits per heavy atom. The fraction of sp³-hybridized carbons (Fsp3) is 0.308. The summed E-state index contributed by atoms with van der Waals surface area (Å²) in [6.45, 7) is 2.60. The SMILES string of the molecule is CCN(CCC#N)C(=O)Nc1cc(Br)cc(C(=O)O)c1. The maximum absolute atomic E-state index is 12.0. The minimum absolute atomic E-state index is 0.0785. The molecule has 0 saturated carbocycles. The van der Waals surface area contributed by atoms with Gasteiger partial charge in [-0.25, -0.2) is 9.59 Å². The number of carboxylic acids is 1. The number of hydrogen-bond donors (Lipinski definition) is 2. The van der Waals surface area contributed by atoms with E-state index in [1.54, 1.807) is 13.0 Å². The van der Waals surface area contributed by atoms with Crippen molar-refractivity contribution >= 4 is 33.6 Å². The van der Waals surface area contributed by atoms with Crippen LogP contribution in [0.25, 0.3) is 0 Å². The highest BCUT2D eigenvalue weighted by atomic mass is 79.9. The third-order valence-electron chi connectivity index (χ3n) is 2.56. The van der Waals surface area contributed by atoms with Crippen molar-refractivity contribution in [3.8, 4) is 6.07 Å². The van der Waals surface area contributed by atoms with Crippen molar-refractivity contribution in [2.75, 3.05) is 18.4 Å². The van der Waals surface area contributed by atoms with Gasteiger partial charge in [-0.1, -0.05) is 15.9 Å². The van der Waals surface area contributed by atoms with Gasteiger partial charge in [0.05, 0.1) is 18.1 Å². The lowest BCUT2D eigenvalue weighted by Gasteiger charge is -2.20. The molecule has 1 aromatic rings. The van der Waals surface area contributed by atoms with Gasteiger partial charge in [0, 0.05) is 23.2 Å². The summed E-state index contributed by atoms with van der Waals surface area (Å²) >= 11 is 3.20. The molecule has 0 saturated heterocycles. The first-order chi connectivity index (χ1) is 9.47. The third-order valence-corrected chi connectivity index (χ3v) is 3.02. The molecular formula is C13H14BrN3O3. The van der Waals surface area contributed by atoms with Crippen LogP contribution in [0, 0.1) is 11.3 Å². The van der Waals surface area contributed by atoms with Crippen LogP contribution in [0.2, 0.25) is 0 Å². The fourth-order valence-corrected chi connectivity index (χ4v) is 2.07. The van der Waals surface area contributed by atoms with Gasteiger partial charge in [-0.3, -0.25) is 0 Å². The van der Waals surface area contributed by atoms with E-state index in [0.29, 0.717) is 23.2 Å². The van der Waals surface area contributed by atoms with E-state index in [1.165, 1.54) is 17.0 Å². The number of nitriles is 1. The van der Waals surface area contributed by atoms with Gasteiger partial charge in [0.15, 0.2) is 0 Å². The van der Waals surface area contributed by atoms with Crippen LogP contribution < -0.4 is 5.32 Å². The Hall–Kier alpha value is -2.07. The van der Waals surface area contributed by atoms with Crippen molar-refractivity contribution in [2.45, 2.75) is 13.3 Å². The Labute approximate surface area is 125 Å². The Kier molecular flexibility index (Phi) is 6.00. The topological polar surface area (TPSA) is 93.4 Å². The second kappa shape index (κ2) is 7.50. The van der Waals surface area contributed by atoms with E-state index >= 15 is 0 Å². The minimum atomic E-state index is -1.07. The summed E-state index contributed by atoms with van der Waals surface area (Å²) in [7, 11) is 0. The maximum atomic E-state index is 12.0. The largest absolute Gasteiger partial charge is 0.478 e. The molecule has 0 heterocycles. The first-order valence-corrected chi connectivity index (χ1v) is 6.74. The number of nitrogens with zero attached hydrogens (tertiary/aromatic N) is 2. The van der Waals surface area contributed by atoms with Crippen LogP contribution in [0.15, 0.2) is 22.7 Å². The van der Waals surface area contributed by atoms with E-state index in [0.717, 1.165) is 0 Å². The Bertz CT molecular complexity index is 554. The highest BCUT2D eigenvalue weighted by molar-refractivity contribution is 9.10. The first-order valence-electron chi connectivity index (χ1n) is 5.94. The minimum Gasteiger partial charge on any atom is -0.478 e. The lowest BCUT2D eigenvalue weighted by molar-refractivity contribution is 0.0696. The molecule has 0 aromatic heterocycles. The summed E-state index contributed by atoms with van der Waals surface area (Å²) in [5, 5.41) is 20.1. The Balaban J connectivity index is 2.84. The molecule has 0 spiro atoms. The molecule has 0 bridgehead atoms. The summed E-state index contributed by atoms with van der Waals surface area (Å²) in [5.74, 6) is -1.07. The van der Waals surface area contributed by atoms with Crippen molar-refractivity contribution in [1.29, 1.82) is 5.26 Å². The molecule has 0 aliphatic rings. The van der Waals surface area contributed by atoms with Gasteiger partial charge in [0.2, 0.25) is 0 Å². The van der Waals surface area contributed by atoms with E-state index in [-0.39, 0.29) is 18.0 Å². The number of rotatable bonds is 5. The molecule has 6 nitrogen and oxygen atoms in total. The highest BCUT2D eigenvalue weighted by Gasteiger charge is 2.13. The molecule has 1 aromatic carbocycles. The molecule has 1 rings (SSSR count). The smallest absolute Gasteiger partial charge is 0.335 e. The van der Waals surface area contributed by atoms with Crippen molar-refractivity contribution in [2.24, 2.45) is 0 Å². The lowest BCUT2D eigenvalue weighted by Crippen LogP contribution is -2.35. The Morgan fingerprint density at radius 2 is 2.15 bits per heavy atom. The van der Waals surface area contributed by atoms with Gasteiger partial charge < -0.3 is 15.3 Å². The molecule has 2 amide bonds. The summed E-state index contributed by atoms with van der Waals surface area (Å²) < 4.78 is 0.563. The number of amides is 2. The number of carboxylic acid groups (broad SMARTS) is 1. The lowest BCUT2D eigenvalue weighted by atomic mass is 10.2. The summed E-state index contributed by atoms with van der Waals surface area (Å²) in [6, 6.07) is 6.06. The number of halogens is 1. The fourth-order valence-electron chi connectivity index (χ4n) is 1.58. The quantitative estimate of drug-likeness (QED) is 0.862. The summed E-state index contributed by atoms with van der Waals surface area (Å²) in [5.41, 5.74) is 0.465. The molecule has 2 N–H and O–H groups in total. The zero-order valence-corrected chi connectivity index (χ0v) is 12.5. The van der Waals surface area contributed by atoms with Gasteiger partial charge in [0.25, 0.3) is 0 Å². The number of urea groups is 1. The van der Waals surface area contributed by atoms with E-state index in [2.05, 4.69) is 21.2 Å². The predicted octanol–water partition coefficient (Wildman–Crippen LogP) is 2.91. The molecule has 0 atom stereocenters. The van der Waals surface area contributed by atoms with Crippen molar-refractivity contribution in [3.05, 3.63) is 28.2 Å². The molecule has 20 heavy (non-hydrogen) atoms. The zero-order chi connectivity index (χ0) is 15.1. The Morgan fingerprint density at radius 3 is 2.70 bits per heavy atom.